The topological polar surface area (TPSA) is 34.1 Å². The molecule has 3 heteroatoms. The van der Waals surface area contributed by atoms with Gasteiger partial charge in [-0.1, -0.05) is 97.1 Å². The number of rotatable bonds is 6. The molecule has 2 nitrogen and oxygen atoms in total. The fourth-order valence-corrected chi connectivity index (χ4v) is 5.42. The highest BCUT2D eigenvalue weighted by atomic mass is 32.2. The van der Waals surface area contributed by atoms with Crippen LogP contribution in [0.15, 0.2) is 97.1 Å². The van der Waals surface area contributed by atoms with Gasteiger partial charge in [-0.25, -0.2) is 8.42 Å². The normalized spacial score (nSPS) is 11.4. The van der Waals surface area contributed by atoms with Crippen molar-refractivity contribution in [1.29, 1.82) is 0 Å². The van der Waals surface area contributed by atoms with E-state index in [0.29, 0.717) is 0 Å². The molecule has 4 aromatic rings. The molecule has 0 spiro atoms. The summed E-state index contributed by atoms with van der Waals surface area (Å²) >= 11 is 0. The molecule has 0 fully saturated rings. The summed E-state index contributed by atoms with van der Waals surface area (Å²) in [6, 6.07) is 32.1. The maximum absolute atomic E-state index is 12.8. The number of hydrogen-bond donors (Lipinski definition) is 0. The first-order chi connectivity index (χ1) is 14.9. The molecular weight excluding hydrogens is 400 g/mol. The van der Waals surface area contributed by atoms with Crippen LogP contribution >= 0.6 is 0 Å². The Morgan fingerprint density at radius 2 is 0.871 bits per heavy atom. The van der Waals surface area contributed by atoms with Gasteiger partial charge < -0.3 is 0 Å². The van der Waals surface area contributed by atoms with E-state index in [1.165, 1.54) is 22.3 Å². The minimum atomic E-state index is -3.26. The van der Waals surface area contributed by atoms with Crippen molar-refractivity contribution in [3.8, 4) is 22.3 Å². The Kier molecular flexibility index (Phi) is 6.06. The quantitative estimate of drug-likeness (QED) is 0.342. The SMILES string of the molecule is Cc1ccccc1-c1ccc(CS(=O)(=O)Cc2ccc(-c3ccccc3C)cc2)cc1. The van der Waals surface area contributed by atoms with Crippen LogP contribution in [0.3, 0.4) is 0 Å². The molecule has 0 radical (unpaired) electrons. The van der Waals surface area contributed by atoms with E-state index in [-0.39, 0.29) is 11.5 Å². The zero-order chi connectivity index (χ0) is 21.8. The van der Waals surface area contributed by atoms with Crippen LogP contribution in [-0.4, -0.2) is 8.42 Å². The molecule has 0 atom stereocenters. The third-order valence-electron chi connectivity index (χ3n) is 5.59. The molecule has 0 N–H and O–H groups in total. The maximum Gasteiger partial charge on any atom is 0.158 e. The van der Waals surface area contributed by atoms with Gasteiger partial charge in [0.05, 0.1) is 11.5 Å². The zero-order valence-electron chi connectivity index (χ0n) is 17.9. The van der Waals surface area contributed by atoms with Crippen LogP contribution in [0, 0.1) is 13.8 Å². The van der Waals surface area contributed by atoms with E-state index in [9.17, 15) is 8.42 Å². The monoisotopic (exact) mass is 426 g/mol. The third kappa shape index (κ3) is 5.12. The first-order valence-electron chi connectivity index (χ1n) is 10.4. The van der Waals surface area contributed by atoms with Gasteiger partial charge in [0.2, 0.25) is 0 Å². The van der Waals surface area contributed by atoms with Crippen LogP contribution in [0.5, 0.6) is 0 Å². The Morgan fingerprint density at radius 1 is 0.516 bits per heavy atom. The molecule has 0 saturated heterocycles. The summed E-state index contributed by atoms with van der Waals surface area (Å²) in [7, 11) is -3.26. The van der Waals surface area contributed by atoms with Gasteiger partial charge in [-0.05, 0) is 58.4 Å². The molecule has 0 aliphatic rings. The predicted molar refractivity (Wildman–Crippen MR) is 130 cm³/mol. The summed E-state index contributed by atoms with van der Waals surface area (Å²) in [5.74, 6) is 0.0845. The van der Waals surface area contributed by atoms with Crippen molar-refractivity contribution in [2.75, 3.05) is 0 Å². The van der Waals surface area contributed by atoms with Gasteiger partial charge >= 0.3 is 0 Å². The molecule has 0 saturated carbocycles. The molecule has 0 aliphatic heterocycles. The Bertz CT molecular complexity index is 1190. The van der Waals surface area contributed by atoms with Crippen molar-refractivity contribution in [3.05, 3.63) is 119 Å². The average Bonchev–Trinajstić information content (AvgIpc) is 2.75. The first kappa shape index (κ1) is 21.1. The third-order valence-corrected chi connectivity index (χ3v) is 7.14. The number of sulfone groups is 1. The molecular formula is C28H26O2S. The van der Waals surface area contributed by atoms with E-state index < -0.39 is 9.84 Å². The van der Waals surface area contributed by atoms with Crippen molar-refractivity contribution < 1.29 is 8.42 Å². The van der Waals surface area contributed by atoms with Gasteiger partial charge in [-0.3, -0.25) is 0 Å². The lowest BCUT2D eigenvalue weighted by Gasteiger charge is -2.09. The van der Waals surface area contributed by atoms with E-state index >= 15 is 0 Å². The second-order valence-corrected chi connectivity index (χ2v) is 10.1. The van der Waals surface area contributed by atoms with Crippen molar-refractivity contribution in [2.45, 2.75) is 25.4 Å². The van der Waals surface area contributed by atoms with E-state index in [1.54, 1.807) is 0 Å². The highest BCUT2D eigenvalue weighted by molar-refractivity contribution is 7.89. The number of hydrogen-bond acceptors (Lipinski definition) is 2. The molecule has 0 heterocycles. The molecule has 0 unspecified atom stereocenters. The lowest BCUT2D eigenvalue weighted by molar-refractivity contribution is 0.594. The van der Waals surface area contributed by atoms with E-state index in [1.807, 2.05) is 72.8 Å². The molecule has 0 bridgehead atoms. The summed E-state index contributed by atoms with van der Waals surface area (Å²) in [5, 5.41) is 0. The van der Waals surface area contributed by atoms with Crippen LogP contribution in [0.25, 0.3) is 22.3 Å². The van der Waals surface area contributed by atoms with Crippen LogP contribution in [-0.2, 0) is 21.3 Å². The summed E-state index contributed by atoms with van der Waals surface area (Å²) < 4.78 is 25.6. The van der Waals surface area contributed by atoms with E-state index in [2.05, 4.69) is 38.1 Å². The fourth-order valence-electron chi connectivity index (χ4n) is 3.91. The van der Waals surface area contributed by atoms with Gasteiger partial charge in [0.25, 0.3) is 0 Å². The fraction of sp³-hybridized carbons (Fsp3) is 0.143. The Labute approximate surface area is 185 Å². The van der Waals surface area contributed by atoms with Crippen molar-refractivity contribution >= 4 is 9.84 Å². The van der Waals surface area contributed by atoms with E-state index in [4.69, 9.17) is 0 Å². The molecule has 0 aromatic heterocycles. The van der Waals surface area contributed by atoms with Crippen LogP contribution in [0.2, 0.25) is 0 Å². The molecule has 0 amide bonds. The van der Waals surface area contributed by atoms with Crippen LogP contribution in [0.4, 0.5) is 0 Å². The van der Waals surface area contributed by atoms with Crippen molar-refractivity contribution in [1.82, 2.24) is 0 Å². The summed E-state index contributed by atoms with van der Waals surface area (Å²) in [4.78, 5) is 0. The lowest BCUT2D eigenvalue weighted by atomic mass is 10.00. The maximum atomic E-state index is 12.8. The zero-order valence-corrected chi connectivity index (χ0v) is 18.7. The van der Waals surface area contributed by atoms with E-state index in [0.717, 1.165) is 22.3 Å². The molecule has 0 aliphatic carbocycles. The summed E-state index contributed by atoms with van der Waals surface area (Å²) in [6.07, 6.45) is 0. The van der Waals surface area contributed by atoms with Gasteiger partial charge in [-0.2, -0.15) is 0 Å². The second kappa shape index (κ2) is 8.91. The Morgan fingerprint density at radius 3 is 1.23 bits per heavy atom. The Hall–Kier alpha value is -3.17. The molecule has 156 valence electrons. The minimum absolute atomic E-state index is 0.0423. The van der Waals surface area contributed by atoms with Gasteiger partial charge in [0.1, 0.15) is 0 Å². The minimum Gasteiger partial charge on any atom is -0.228 e. The smallest absolute Gasteiger partial charge is 0.158 e. The number of benzene rings is 4. The molecule has 4 aromatic carbocycles. The predicted octanol–water partition coefficient (Wildman–Crippen LogP) is 6.75. The molecule has 31 heavy (non-hydrogen) atoms. The standard InChI is InChI=1S/C28H26O2S/c1-21-7-3-5-9-27(21)25-15-11-23(12-16-25)19-31(29,30)20-24-13-17-26(18-14-24)28-10-6-4-8-22(28)2/h3-18H,19-20H2,1-2H3. The average molecular weight is 427 g/mol. The van der Waals surface area contributed by atoms with Crippen molar-refractivity contribution in [3.63, 3.8) is 0 Å². The van der Waals surface area contributed by atoms with Gasteiger partial charge in [-0.15, -0.1) is 0 Å². The molecule has 4 rings (SSSR count). The Balaban J connectivity index is 1.46. The highest BCUT2D eigenvalue weighted by Crippen LogP contribution is 2.26. The first-order valence-corrected chi connectivity index (χ1v) is 12.2. The van der Waals surface area contributed by atoms with Crippen molar-refractivity contribution in [2.24, 2.45) is 0 Å². The van der Waals surface area contributed by atoms with Gasteiger partial charge in [0.15, 0.2) is 9.84 Å². The summed E-state index contributed by atoms with van der Waals surface area (Å²) in [5.41, 5.74) is 8.59. The number of aryl methyl sites for hydroxylation is 2. The summed E-state index contributed by atoms with van der Waals surface area (Å²) in [6.45, 7) is 4.16. The second-order valence-electron chi connectivity index (χ2n) is 8.06. The lowest BCUT2D eigenvalue weighted by Crippen LogP contribution is -2.07. The van der Waals surface area contributed by atoms with Crippen LogP contribution < -0.4 is 0 Å². The largest absolute Gasteiger partial charge is 0.228 e. The van der Waals surface area contributed by atoms with Crippen LogP contribution in [0.1, 0.15) is 22.3 Å². The van der Waals surface area contributed by atoms with Gasteiger partial charge in [0, 0.05) is 0 Å². The highest BCUT2D eigenvalue weighted by Gasteiger charge is 2.14.